The second kappa shape index (κ2) is 11.9. The third kappa shape index (κ3) is 4.58. The fraction of sp³-hybridized carbons (Fsp3) is 0. The highest BCUT2D eigenvalue weighted by Gasteiger charge is 2.23. The molecule has 0 aliphatic rings. The van der Waals surface area contributed by atoms with E-state index in [2.05, 4.69) is 144 Å². The van der Waals surface area contributed by atoms with Crippen LogP contribution in [0.1, 0.15) is 0 Å². The summed E-state index contributed by atoms with van der Waals surface area (Å²) in [5.74, 6) is 1.83. The molecular formula is C51H30N4O. The molecule has 3 aromatic heterocycles. The van der Waals surface area contributed by atoms with Crippen LogP contribution >= 0.6 is 0 Å². The average molecular weight is 715 g/mol. The molecule has 56 heavy (non-hydrogen) atoms. The monoisotopic (exact) mass is 714 g/mol. The van der Waals surface area contributed by atoms with Gasteiger partial charge in [0.25, 0.3) is 0 Å². The Labute approximate surface area is 320 Å². The first-order valence-corrected chi connectivity index (χ1v) is 18.9. The van der Waals surface area contributed by atoms with E-state index in [4.69, 9.17) is 19.4 Å². The number of nitrogens with zero attached hydrogens (tertiary/aromatic N) is 4. The molecule has 12 rings (SSSR count). The molecule has 0 saturated carbocycles. The van der Waals surface area contributed by atoms with Gasteiger partial charge in [0, 0.05) is 49.0 Å². The van der Waals surface area contributed by atoms with Gasteiger partial charge in [0.15, 0.2) is 17.5 Å². The van der Waals surface area contributed by atoms with E-state index >= 15 is 0 Å². The molecule has 0 aliphatic heterocycles. The molecule has 3 heterocycles. The maximum absolute atomic E-state index is 6.84. The molecule has 0 atom stereocenters. The normalized spacial score (nSPS) is 11.9. The summed E-state index contributed by atoms with van der Waals surface area (Å²) in [4.78, 5) is 15.6. The van der Waals surface area contributed by atoms with Gasteiger partial charge in [-0.15, -0.1) is 0 Å². The van der Waals surface area contributed by atoms with Gasteiger partial charge in [-0.05, 0) is 51.9 Å². The molecule has 260 valence electrons. The predicted octanol–water partition coefficient (Wildman–Crippen LogP) is 13.3. The topological polar surface area (TPSA) is 56.7 Å². The van der Waals surface area contributed by atoms with Gasteiger partial charge in [-0.3, -0.25) is 0 Å². The Morgan fingerprint density at radius 3 is 1.82 bits per heavy atom. The van der Waals surface area contributed by atoms with Crippen LogP contribution in [-0.2, 0) is 0 Å². The summed E-state index contributed by atoms with van der Waals surface area (Å²) in [6, 6.07) is 63.8. The second-order valence-corrected chi connectivity index (χ2v) is 14.4. The molecule has 9 aromatic carbocycles. The van der Waals surface area contributed by atoms with Crippen LogP contribution in [0.15, 0.2) is 186 Å². The highest BCUT2D eigenvalue weighted by Crippen LogP contribution is 2.44. The quantitative estimate of drug-likeness (QED) is 0.182. The summed E-state index contributed by atoms with van der Waals surface area (Å²) < 4.78 is 9.27. The fourth-order valence-corrected chi connectivity index (χ4v) is 8.67. The van der Waals surface area contributed by atoms with Gasteiger partial charge in [-0.25, -0.2) is 15.0 Å². The SMILES string of the molecule is c1ccc(-c2nc(-c3cccc4ccccc34)nc(-c3cccc4oc5c6ccccc6c(-n6c7ccccc7c7cc8ccccc8cc76)cc5c34)n2)cc1. The van der Waals surface area contributed by atoms with Gasteiger partial charge < -0.3 is 8.98 Å². The molecule has 0 amide bonds. The Kier molecular flexibility index (Phi) is 6.56. The zero-order valence-corrected chi connectivity index (χ0v) is 30.0. The smallest absolute Gasteiger partial charge is 0.164 e. The molecule has 0 fully saturated rings. The van der Waals surface area contributed by atoms with E-state index in [9.17, 15) is 0 Å². The number of para-hydroxylation sites is 1. The van der Waals surface area contributed by atoms with E-state index in [1.165, 1.54) is 21.5 Å². The van der Waals surface area contributed by atoms with Gasteiger partial charge in [0.1, 0.15) is 11.2 Å². The molecule has 0 saturated heterocycles. The van der Waals surface area contributed by atoms with Crippen molar-refractivity contribution in [3.05, 3.63) is 182 Å². The molecular weight excluding hydrogens is 685 g/mol. The van der Waals surface area contributed by atoms with E-state index in [1.807, 2.05) is 42.5 Å². The van der Waals surface area contributed by atoms with Crippen LogP contribution in [0.5, 0.6) is 0 Å². The van der Waals surface area contributed by atoms with Crippen molar-refractivity contribution < 1.29 is 4.42 Å². The Balaban J connectivity index is 1.18. The maximum Gasteiger partial charge on any atom is 0.164 e. The lowest BCUT2D eigenvalue weighted by Crippen LogP contribution is -2.01. The first kappa shape index (κ1) is 30.8. The van der Waals surface area contributed by atoms with E-state index in [0.29, 0.717) is 17.5 Å². The number of rotatable bonds is 4. The molecule has 5 nitrogen and oxygen atoms in total. The lowest BCUT2D eigenvalue weighted by atomic mass is 10.0. The van der Waals surface area contributed by atoms with Crippen molar-refractivity contribution in [2.24, 2.45) is 0 Å². The second-order valence-electron chi connectivity index (χ2n) is 14.4. The van der Waals surface area contributed by atoms with Crippen LogP contribution in [0.3, 0.4) is 0 Å². The van der Waals surface area contributed by atoms with Crippen molar-refractivity contribution in [3.8, 4) is 39.9 Å². The first-order valence-electron chi connectivity index (χ1n) is 18.9. The van der Waals surface area contributed by atoms with Gasteiger partial charge in [-0.2, -0.15) is 0 Å². The number of benzene rings is 9. The number of furan rings is 1. The molecule has 0 spiro atoms. The fourth-order valence-electron chi connectivity index (χ4n) is 8.67. The van der Waals surface area contributed by atoms with E-state index < -0.39 is 0 Å². The van der Waals surface area contributed by atoms with Crippen LogP contribution in [0, 0.1) is 0 Å². The van der Waals surface area contributed by atoms with Crippen LogP contribution < -0.4 is 0 Å². The molecule has 0 bridgehead atoms. The average Bonchev–Trinajstić information content (AvgIpc) is 3.80. The van der Waals surface area contributed by atoms with Crippen LogP contribution in [-0.4, -0.2) is 19.5 Å². The van der Waals surface area contributed by atoms with Crippen molar-refractivity contribution >= 4 is 76.1 Å². The van der Waals surface area contributed by atoms with Crippen LogP contribution in [0.25, 0.3) is 116 Å². The van der Waals surface area contributed by atoms with E-state index in [-0.39, 0.29) is 0 Å². The Hall–Kier alpha value is -7.63. The highest BCUT2D eigenvalue weighted by molar-refractivity contribution is 6.22. The largest absolute Gasteiger partial charge is 0.455 e. The molecule has 5 heteroatoms. The molecule has 12 aromatic rings. The molecule has 0 unspecified atom stereocenters. The summed E-state index contributed by atoms with van der Waals surface area (Å²) in [6.07, 6.45) is 0. The van der Waals surface area contributed by atoms with E-state index in [1.54, 1.807) is 0 Å². The molecule has 0 N–H and O–H groups in total. The summed E-state index contributed by atoms with van der Waals surface area (Å²) >= 11 is 0. The maximum atomic E-state index is 6.84. The van der Waals surface area contributed by atoms with Crippen LogP contribution in [0.2, 0.25) is 0 Å². The third-order valence-corrected chi connectivity index (χ3v) is 11.2. The zero-order valence-electron chi connectivity index (χ0n) is 30.0. The van der Waals surface area contributed by atoms with Crippen molar-refractivity contribution in [3.63, 3.8) is 0 Å². The summed E-state index contributed by atoms with van der Waals surface area (Å²) in [7, 11) is 0. The summed E-state index contributed by atoms with van der Waals surface area (Å²) in [6.45, 7) is 0. The van der Waals surface area contributed by atoms with Gasteiger partial charge in [-0.1, -0.05) is 152 Å². The van der Waals surface area contributed by atoms with Crippen LogP contribution in [0.4, 0.5) is 0 Å². The predicted molar refractivity (Wildman–Crippen MR) is 230 cm³/mol. The van der Waals surface area contributed by atoms with Gasteiger partial charge >= 0.3 is 0 Å². The van der Waals surface area contributed by atoms with Crippen molar-refractivity contribution in [2.75, 3.05) is 0 Å². The standard InChI is InChI=1S/C51H30N4O/c1-2-15-32(16-3-1)49-52-50(39-24-12-19-31-14-6-7-20-35(31)39)54-51(53-49)40-25-13-27-46-47(40)42-30-45(36-21-8-9-23-38(36)48(42)56-46)55-43-26-11-10-22-37(43)41-28-33-17-4-5-18-34(33)29-44(41)55/h1-30H. The minimum atomic E-state index is 0.591. The molecule has 0 aliphatic carbocycles. The Bertz CT molecular complexity index is 3540. The van der Waals surface area contributed by atoms with Crippen molar-refractivity contribution in [1.29, 1.82) is 0 Å². The minimum Gasteiger partial charge on any atom is -0.455 e. The number of hydrogen-bond donors (Lipinski definition) is 0. The lowest BCUT2D eigenvalue weighted by molar-refractivity contribution is 0.672. The first-order chi connectivity index (χ1) is 27.8. The highest BCUT2D eigenvalue weighted by atomic mass is 16.3. The van der Waals surface area contributed by atoms with Crippen molar-refractivity contribution in [1.82, 2.24) is 19.5 Å². The molecule has 0 radical (unpaired) electrons. The third-order valence-electron chi connectivity index (χ3n) is 11.2. The zero-order chi connectivity index (χ0) is 36.7. The number of aromatic nitrogens is 4. The number of fused-ring (bicyclic) bond motifs is 10. The Morgan fingerprint density at radius 1 is 0.375 bits per heavy atom. The minimum absolute atomic E-state index is 0.591. The van der Waals surface area contributed by atoms with Gasteiger partial charge in [0.05, 0.1) is 16.7 Å². The van der Waals surface area contributed by atoms with E-state index in [0.717, 1.165) is 76.9 Å². The Morgan fingerprint density at radius 2 is 0.982 bits per heavy atom. The van der Waals surface area contributed by atoms with Crippen molar-refractivity contribution in [2.45, 2.75) is 0 Å². The summed E-state index contributed by atoms with van der Waals surface area (Å²) in [5.41, 5.74) is 7.79. The number of hydrogen-bond acceptors (Lipinski definition) is 4. The lowest BCUT2D eigenvalue weighted by Gasteiger charge is -2.13. The van der Waals surface area contributed by atoms with Gasteiger partial charge in [0.2, 0.25) is 0 Å². The summed E-state index contributed by atoms with van der Waals surface area (Å²) in [5, 5.41) is 11.2.